The molecule has 0 unspecified atom stereocenters. The van der Waals surface area contributed by atoms with Crippen LogP contribution in [-0.2, 0) is 7.05 Å². The van der Waals surface area contributed by atoms with E-state index in [0.29, 0.717) is 5.69 Å². The van der Waals surface area contributed by atoms with Crippen LogP contribution < -0.4 is 5.43 Å². The average molecular weight is 276 g/mol. The SMILES string of the molecule is Cc1nn(C)c(F)c1C=NNC(=O)c1ccccc1O. The average Bonchev–Trinajstić information content (AvgIpc) is 2.65. The van der Waals surface area contributed by atoms with Gasteiger partial charge in [-0.05, 0) is 19.1 Å². The Labute approximate surface area is 114 Å². The van der Waals surface area contributed by atoms with Gasteiger partial charge in [0.05, 0.1) is 23.0 Å². The summed E-state index contributed by atoms with van der Waals surface area (Å²) in [6.07, 6.45) is 1.18. The number of para-hydroxylation sites is 1. The minimum Gasteiger partial charge on any atom is -0.507 e. The van der Waals surface area contributed by atoms with Crippen molar-refractivity contribution in [1.82, 2.24) is 15.2 Å². The summed E-state index contributed by atoms with van der Waals surface area (Å²) < 4.78 is 14.7. The van der Waals surface area contributed by atoms with Gasteiger partial charge >= 0.3 is 0 Å². The summed E-state index contributed by atoms with van der Waals surface area (Å²) in [7, 11) is 1.47. The highest BCUT2D eigenvalue weighted by Gasteiger charge is 2.11. The lowest BCUT2D eigenvalue weighted by molar-refractivity contribution is 0.0952. The van der Waals surface area contributed by atoms with Crippen LogP contribution in [0.1, 0.15) is 21.6 Å². The number of aromatic hydroxyl groups is 1. The third kappa shape index (κ3) is 2.66. The number of carbonyl (C=O) groups is 1. The normalized spacial score (nSPS) is 10.9. The molecule has 2 rings (SSSR count). The predicted molar refractivity (Wildman–Crippen MR) is 71.1 cm³/mol. The van der Waals surface area contributed by atoms with E-state index in [-0.39, 0.29) is 16.9 Å². The molecule has 0 saturated heterocycles. The maximum Gasteiger partial charge on any atom is 0.275 e. The fourth-order valence-electron chi connectivity index (χ4n) is 1.67. The number of rotatable bonds is 3. The summed E-state index contributed by atoms with van der Waals surface area (Å²) >= 11 is 0. The second kappa shape index (κ2) is 5.52. The summed E-state index contributed by atoms with van der Waals surface area (Å²) in [5, 5.41) is 17.0. The van der Waals surface area contributed by atoms with Gasteiger partial charge in [-0.1, -0.05) is 12.1 Å². The van der Waals surface area contributed by atoms with Gasteiger partial charge in [-0.25, -0.2) is 10.1 Å². The van der Waals surface area contributed by atoms with E-state index >= 15 is 0 Å². The number of aryl methyl sites for hydroxylation is 2. The molecule has 7 heteroatoms. The number of benzene rings is 1. The molecule has 0 aliphatic heterocycles. The van der Waals surface area contributed by atoms with E-state index in [0.717, 1.165) is 4.68 Å². The molecule has 2 N–H and O–H groups in total. The van der Waals surface area contributed by atoms with E-state index in [9.17, 15) is 14.3 Å². The quantitative estimate of drug-likeness (QED) is 0.655. The van der Waals surface area contributed by atoms with Crippen molar-refractivity contribution in [2.45, 2.75) is 6.92 Å². The maximum absolute atomic E-state index is 13.6. The highest BCUT2D eigenvalue weighted by Crippen LogP contribution is 2.15. The van der Waals surface area contributed by atoms with Gasteiger partial charge in [0, 0.05) is 7.05 Å². The van der Waals surface area contributed by atoms with Crippen LogP contribution >= 0.6 is 0 Å². The summed E-state index contributed by atoms with van der Waals surface area (Å²) in [5.41, 5.74) is 2.97. The van der Waals surface area contributed by atoms with Gasteiger partial charge in [-0.15, -0.1) is 0 Å². The van der Waals surface area contributed by atoms with Crippen LogP contribution in [0.5, 0.6) is 5.75 Å². The van der Waals surface area contributed by atoms with Crippen molar-refractivity contribution in [3.8, 4) is 5.75 Å². The fraction of sp³-hybridized carbons (Fsp3) is 0.154. The zero-order chi connectivity index (χ0) is 14.7. The van der Waals surface area contributed by atoms with Gasteiger partial charge in [0.2, 0.25) is 5.95 Å². The highest BCUT2D eigenvalue weighted by molar-refractivity contribution is 5.97. The Kier molecular flexibility index (Phi) is 3.79. The Hall–Kier alpha value is -2.70. The second-order valence-electron chi connectivity index (χ2n) is 4.13. The smallest absolute Gasteiger partial charge is 0.275 e. The molecule has 1 aromatic heterocycles. The molecule has 0 fully saturated rings. The lowest BCUT2D eigenvalue weighted by atomic mass is 10.2. The first-order valence-electron chi connectivity index (χ1n) is 5.81. The van der Waals surface area contributed by atoms with E-state index in [2.05, 4.69) is 15.6 Å². The third-order valence-electron chi connectivity index (χ3n) is 2.70. The number of carbonyl (C=O) groups excluding carboxylic acids is 1. The zero-order valence-electron chi connectivity index (χ0n) is 11.0. The zero-order valence-corrected chi connectivity index (χ0v) is 11.0. The fourth-order valence-corrected chi connectivity index (χ4v) is 1.67. The van der Waals surface area contributed by atoms with Gasteiger partial charge in [0.1, 0.15) is 5.75 Å². The van der Waals surface area contributed by atoms with E-state index in [1.54, 1.807) is 19.1 Å². The molecule has 0 saturated carbocycles. The standard InChI is InChI=1S/C13H13FN4O2/c1-8-10(12(14)18(2)17-8)7-15-16-13(20)9-5-3-4-6-11(9)19/h3-7,19H,1-2H3,(H,16,20). The van der Waals surface area contributed by atoms with Crippen LogP contribution in [0.15, 0.2) is 29.4 Å². The van der Waals surface area contributed by atoms with E-state index in [4.69, 9.17) is 0 Å². The molecular formula is C13H13FN4O2. The Morgan fingerprint density at radius 2 is 2.20 bits per heavy atom. The largest absolute Gasteiger partial charge is 0.507 e. The molecule has 0 spiro atoms. The molecule has 1 aromatic carbocycles. The van der Waals surface area contributed by atoms with Crippen LogP contribution in [0, 0.1) is 12.9 Å². The van der Waals surface area contributed by atoms with Crippen molar-refractivity contribution in [3.05, 3.63) is 47.0 Å². The highest BCUT2D eigenvalue weighted by atomic mass is 19.1. The Balaban J connectivity index is 2.11. The number of halogens is 1. The predicted octanol–water partition coefficient (Wildman–Crippen LogP) is 1.34. The minimum absolute atomic E-state index is 0.0908. The lowest BCUT2D eigenvalue weighted by Crippen LogP contribution is -2.17. The topological polar surface area (TPSA) is 79.5 Å². The minimum atomic E-state index is -0.582. The maximum atomic E-state index is 13.6. The lowest BCUT2D eigenvalue weighted by Gasteiger charge is -2.01. The van der Waals surface area contributed by atoms with Crippen LogP contribution in [0.4, 0.5) is 4.39 Å². The Morgan fingerprint density at radius 1 is 1.50 bits per heavy atom. The molecule has 0 aliphatic rings. The molecule has 104 valence electrons. The van der Waals surface area contributed by atoms with Gasteiger partial charge in [-0.3, -0.25) is 4.79 Å². The van der Waals surface area contributed by atoms with Crippen molar-refractivity contribution in [2.75, 3.05) is 0 Å². The first-order chi connectivity index (χ1) is 9.50. The summed E-state index contributed by atoms with van der Waals surface area (Å²) in [6, 6.07) is 6.06. The van der Waals surface area contributed by atoms with Crippen LogP contribution in [0.3, 0.4) is 0 Å². The molecule has 1 heterocycles. The van der Waals surface area contributed by atoms with Gasteiger partial charge in [0.25, 0.3) is 5.91 Å². The molecule has 0 atom stereocenters. The molecule has 20 heavy (non-hydrogen) atoms. The molecule has 1 amide bonds. The second-order valence-corrected chi connectivity index (χ2v) is 4.13. The molecule has 0 bridgehead atoms. The van der Waals surface area contributed by atoms with Crippen molar-refractivity contribution >= 4 is 12.1 Å². The van der Waals surface area contributed by atoms with E-state index < -0.39 is 11.9 Å². The van der Waals surface area contributed by atoms with Crippen LogP contribution in [0.2, 0.25) is 0 Å². The summed E-state index contributed by atoms with van der Waals surface area (Å²) in [4.78, 5) is 11.7. The number of hydrazone groups is 1. The Bertz CT molecular complexity index is 679. The van der Waals surface area contributed by atoms with Crippen molar-refractivity contribution < 1.29 is 14.3 Å². The summed E-state index contributed by atoms with van der Waals surface area (Å²) in [5.74, 6) is -1.27. The van der Waals surface area contributed by atoms with Crippen LogP contribution in [-0.4, -0.2) is 27.0 Å². The van der Waals surface area contributed by atoms with Gasteiger partial charge in [-0.2, -0.15) is 14.6 Å². The molecule has 6 nitrogen and oxygen atoms in total. The number of nitrogens with zero attached hydrogens (tertiary/aromatic N) is 3. The van der Waals surface area contributed by atoms with Crippen LogP contribution in [0.25, 0.3) is 0 Å². The first kappa shape index (κ1) is 13.7. The van der Waals surface area contributed by atoms with Gasteiger partial charge < -0.3 is 5.11 Å². The summed E-state index contributed by atoms with van der Waals surface area (Å²) in [6.45, 7) is 1.63. The number of phenols is 1. The Morgan fingerprint density at radius 3 is 2.80 bits per heavy atom. The van der Waals surface area contributed by atoms with Crippen molar-refractivity contribution in [1.29, 1.82) is 0 Å². The van der Waals surface area contributed by atoms with E-state index in [1.807, 2.05) is 0 Å². The van der Waals surface area contributed by atoms with E-state index in [1.165, 1.54) is 25.4 Å². The number of amides is 1. The number of phenolic OH excluding ortho intramolecular Hbond substituents is 1. The van der Waals surface area contributed by atoms with Crippen molar-refractivity contribution in [3.63, 3.8) is 0 Å². The molecular weight excluding hydrogens is 263 g/mol. The molecule has 0 aliphatic carbocycles. The number of nitrogens with one attached hydrogen (secondary N) is 1. The number of hydrogen-bond donors (Lipinski definition) is 2. The third-order valence-corrected chi connectivity index (χ3v) is 2.70. The number of hydrogen-bond acceptors (Lipinski definition) is 4. The number of aromatic nitrogens is 2. The molecule has 2 aromatic rings. The first-order valence-corrected chi connectivity index (χ1v) is 5.81. The molecule has 0 radical (unpaired) electrons. The van der Waals surface area contributed by atoms with Gasteiger partial charge in [0.15, 0.2) is 0 Å². The monoisotopic (exact) mass is 276 g/mol. The van der Waals surface area contributed by atoms with Crippen molar-refractivity contribution in [2.24, 2.45) is 12.1 Å².